The van der Waals surface area contributed by atoms with Crippen molar-refractivity contribution in [2.75, 3.05) is 0 Å². The summed E-state index contributed by atoms with van der Waals surface area (Å²) in [6.45, 7) is 1.89. The molecule has 56 valence electrons. The minimum absolute atomic E-state index is 0.105. The van der Waals surface area contributed by atoms with Gasteiger partial charge in [-0.25, -0.2) is 4.98 Å². The molecular formula is C7H6N2OS. The number of rotatable bonds is 0. The van der Waals surface area contributed by atoms with Crippen LogP contribution in [-0.4, -0.2) is 9.97 Å². The second-order valence-corrected chi connectivity index (χ2v) is 3.49. The van der Waals surface area contributed by atoms with E-state index >= 15 is 0 Å². The lowest BCUT2D eigenvalue weighted by Gasteiger charge is -1.81. The van der Waals surface area contributed by atoms with Gasteiger partial charge in [0, 0.05) is 6.20 Å². The van der Waals surface area contributed by atoms with Crippen molar-refractivity contribution in [3.8, 4) is 0 Å². The van der Waals surface area contributed by atoms with Crippen molar-refractivity contribution in [3.05, 3.63) is 27.6 Å². The van der Waals surface area contributed by atoms with Gasteiger partial charge in [0.25, 0.3) is 5.56 Å². The molecule has 0 radical (unpaired) electrons. The van der Waals surface area contributed by atoms with Crippen molar-refractivity contribution in [2.24, 2.45) is 0 Å². The molecule has 2 aromatic rings. The summed E-state index contributed by atoms with van der Waals surface area (Å²) in [6.07, 6.45) is 1.64. The smallest absolute Gasteiger partial charge is 0.275 e. The lowest BCUT2D eigenvalue weighted by atomic mass is 10.4. The van der Waals surface area contributed by atoms with Crippen molar-refractivity contribution < 1.29 is 0 Å². The first-order valence-corrected chi connectivity index (χ1v) is 4.04. The molecule has 0 unspecified atom stereocenters. The Morgan fingerprint density at radius 3 is 3.18 bits per heavy atom. The van der Waals surface area contributed by atoms with E-state index in [1.165, 1.54) is 11.3 Å². The minimum Gasteiger partial charge on any atom is -0.327 e. The molecule has 0 aliphatic rings. The number of pyridine rings is 1. The molecule has 11 heavy (non-hydrogen) atoms. The fraction of sp³-hybridized carbons (Fsp3) is 0.143. The van der Waals surface area contributed by atoms with Gasteiger partial charge in [0.1, 0.15) is 5.52 Å². The van der Waals surface area contributed by atoms with Crippen LogP contribution in [0, 0.1) is 6.92 Å². The minimum atomic E-state index is -0.105. The van der Waals surface area contributed by atoms with E-state index in [2.05, 4.69) is 9.97 Å². The van der Waals surface area contributed by atoms with Crippen molar-refractivity contribution in [3.63, 3.8) is 0 Å². The largest absolute Gasteiger partial charge is 0.327 e. The first-order valence-electron chi connectivity index (χ1n) is 3.22. The molecule has 0 bridgehead atoms. The molecule has 0 saturated heterocycles. The Morgan fingerprint density at radius 1 is 1.64 bits per heavy atom. The van der Waals surface area contributed by atoms with Crippen LogP contribution in [0.2, 0.25) is 0 Å². The summed E-state index contributed by atoms with van der Waals surface area (Å²) < 4.78 is 0.950. The summed E-state index contributed by atoms with van der Waals surface area (Å²) in [7, 11) is 0. The first-order chi connectivity index (χ1) is 5.27. The maximum absolute atomic E-state index is 11.1. The van der Waals surface area contributed by atoms with Crippen LogP contribution in [-0.2, 0) is 0 Å². The van der Waals surface area contributed by atoms with Crippen LogP contribution < -0.4 is 5.56 Å². The van der Waals surface area contributed by atoms with Gasteiger partial charge < -0.3 is 4.98 Å². The molecule has 2 heterocycles. The van der Waals surface area contributed by atoms with Crippen LogP contribution in [0.3, 0.4) is 0 Å². The fourth-order valence-electron chi connectivity index (χ4n) is 0.980. The average molecular weight is 166 g/mol. The number of aromatic nitrogens is 2. The topological polar surface area (TPSA) is 45.8 Å². The second kappa shape index (κ2) is 2.17. The Balaban J connectivity index is 3.02. The molecular weight excluding hydrogens is 160 g/mol. The lowest BCUT2D eigenvalue weighted by Crippen LogP contribution is -2.03. The van der Waals surface area contributed by atoms with Crippen LogP contribution in [0.5, 0.6) is 0 Å². The van der Waals surface area contributed by atoms with E-state index < -0.39 is 0 Å². The normalized spacial score (nSPS) is 10.6. The molecule has 0 spiro atoms. The molecule has 0 aliphatic carbocycles. The number of fused-ring (bicyclic) bond motifs is 1. The molecule has 2 aromatic heterocycles. The number of aromatic amines is 1. The molecule has 4 heteroatoms. The highest BCUT2D eigenvalue weighted by Gasteiger charge is 2.01. The third kappa shape index (κ3) is 0.952. The van der Waals surface area contributed by atoms with Gasteiger partial charge in [-0.3, -0.25) is 4.79 Å². The van der Waals surface area contributed by atoms with Crippen LogP contribution in [0.4, 0.5) is 0 Å². The Morgan fingerprint density at radius 2 is 2.45 bits per heavy atom. The summed E-state index contributed by atoms with van der Waals surface area (Å²) in [4.78, 5) is 17.7. The molecule has 2 rings (SSSR count). The van der Waals surface area contributed by atoms with Gasteiger partial charge in [0.05, 0.1) is 9.71 Å². The number of nitrogens with zero attached hydrogens (tertiary/aromatic N) is 1. The van der Waals surface area contributed by atoms with Gasteiger partial charge >= 0.3 is 0 Å². The Labute approximate surface area is 66.7 Å². The van der Waals surface area contributed by atoms with Gasteiger partial charge in [-0.2, -0.15) is 0 Å². The monoisotopic (exact) mass is 166 g/mol. The summed E-state index contributed by atoms with van der Waals surface area (Å²) in [5, 5.41) is 0.928. The van der Waals surface area contributed by atoms with Crippen molar-refractivity contribution >= 4 is 21.6 Å². The van der Waals surface area contributed by atoms with Gasteiger partial charge in [0.15, 0.2) is 0 Å². The molecule has 0 atom stereocenters. The number of hydrogen-bond donors (Lipinski definition) is 1. The van der Waals surface area contributed by atoms with Crippen molar-refractivity contribution in [1.82, 2.24) is 9.97 Å². The second-order valence-electron chi connectivity index (χ2n) is 2.25. The SMILES string of the molecule is Cc1nc2c(=O)[nH]ccc2s1. The lowest BCUT2D eigenvalue weighted by molar-refractivity contribution is 1.24. The zero-order valence-corrected chi connectivity index (χ0v) is 6.73. The zero-order valence-electron chi connectivity index (χ0n) is 5.92. The number of hydrogen-bond acceptors (Lipinski definition) is 3. The Bertz CT molecular complexity index is 443. The number of H-pyrrole nitrogens is 1. The number of thiazole rings is 1. The number of nitrogens with one attached hydrogen (secondary N) is 1. The highest BCUT2D eigenvalue weighted by Crippen LogP contribution is 2.16. The molecule has 3 nitrogen and oxygen atoms in total. The molecule has 0 aromatic carbocycles. The van der Waals surface area contributed by atoms with E-state index in [0.717, 1.165) is 9.71 Å². The van der Waals surface area contributed by atoms with E-state index in [1.807, 2.05) is 13.0 Å². The fourth-order valence-corrected chi connectivity index (χ4v) is 1.81. The summed E-state index contributed by atoms with van der Waals surface area (Å²) in [5.41, 5.74) is 0.446. The maximum Gasteiger partial charge on any atom is 0.275 e. The van der Waals surface area contributed by atoms with Crippen LogP contribution >= 0.6 is 11.3 Å². The first kappa shape index (κ1) is 6.54. The highest BCUT2D eigenvalue weighted by atomic mass is 32.1. The Kier molecular flexibility index (Phi) is 1.29. The Hall–Kier alpha value is -1.16. The predicted octanol–water partition coefficient (Wildman–Crippen LogP) is 1.29. The molecule has 0 amide bonds. The molecule has 0 fully saturated rings. The quantitative estimate of drug-likeness (QED) is 0.641. The van der Waals surface area contributed by atoms with E-state index in [4.69, 9.17) is 0 Å². The van der Waals surface area contributed by atoms with E-state index in [1.54, 1.807) is 6.20 Å². The van der Waals surface area contributed by atoms with Gasteiger partial charge in [0.2, 0.25) is 0 Å². The molecule has 0 aliphatic heterocycles. The van der Waals surface area contributed by atoms with E-state index in [0.29, 0.717) is 5.52 Å². The summed E-state index contributed by atoms with van der Waals surface area (Å²) in [5.74, 6) is 0. The zero-order chi connectivity index (χ0) is 7.84. The van der Waals surface area contributed by atoms with Gasteiger partial charge in [-0.1, -0.05) is 0 Å². The van der Waals surface area contributed by atoms with E-state index in [-0.39, 0.29) is 5.56 Å². The van der Waals surface area contributed by atoms with Gasteiger partial charge in [-0.05, 0) is 13.0 Å². The maximum atomic E-state index is 11.1. The summed E-state index contributed by atoms with van der Waals surface area (Å²) in [6, 6.07) is 1.86. The van der Waals surface area contributed by atoms with Crippen molar-refractivity contribution in [1.29, 1.82) is 0 Å². The van der Waals surface area contributed by atoms with Crippen molar-refractivity contribution in [2.45, 2.75) is 6.92 Å². The standard InChI is InChI=1S/C7H6N2OS/c1-4-9-6-5(11-4)2-3-8-7(6)10/h2-3H,1H3,(H,8,10). The van der Waals surface area contributed by atoms with Crippen LogP contribution in [0.15, 0.2) is 17.1 Å². The number of aryl methyl sites for hydroxylation is 1. The molecule has 1 N–H and O–H groups in total. The van der Waals surface area contributed by atoms with Gasteiger partial charge in [-0.15, -0.1) is 11.3 Å². The predicted molar refractivity (Wildman–Crippen MR) is 45.0 cm³/mol. The summed E-state index contributed by atoms with van der Waals surface area (Å²) >= 11 is 1.54. The average Bonchev–Trinajstić information content (AvgIpc) is 2.31. The third-order valence-electron chi connectivity index (χ3n) is 1.42. The third-order valence-corrected chi connectivity index (χ3v) is 2.36. The van der Waals surface area contributed by atoms with E-state index in [9.17, 15) is 4.79 Å². The van der Waals surface area contributed by atoms with Crippen LogP contribution in [0.25, 0.3) is 10.2 Å². The molecule has 0 saturated carbocycles. The van der Waals surface area contributed by atoms with Crippen LogP contribution in [0.1, 0.15) is 5.01 Å². The highest BCUT2D eigenvalue weighted by molar-refractivity contribution is 7.18.